The number of allylic oxidation sites excluding steroid dienone is 6. The van der Waals surface area contributed by atoms with Crippen LogP contribution in [0.1, 0.15) is 53.6 Å². The van der Waals surface area contributed by atoms with Crippen molar-refractivity contribution in [2.45, 2.75) is 47.3 Å². The summed E-state index contributed by atoms with van der Waals surface area (Å²) in [6, 6.07) is 48.7. The van der Waals surface area contributed by atoms with Gasteiger partial charge in [0.25, 0.3) is 0 Å². The van der Waals surface area contributed by atoms with Gasteiger partial charge in [-0.25, -0.2) is 0 Å². The summed E-state index contributed by atoms with van der Waals surface area (Å²) in [5.41, 5.74) is 15.8. The highest BCUT2D eigenvalue weighted by molar-refractivity contribution is 7.99. The van der Waals surface area contributed by atoms with Gasteiger partial charge >= 0.3 is 0 Å². The van der Waals surface area contributed by atoms with Crippen LogP contribution in [0.2, 0.25) is 0 Å². The van der Waals surface area contributed by atoms with E-state index in [1.54, 1.807) is 0 Å². The van der Waals surface area contributed by atoms with Gasteiger partial charge in [0.2, 0.25) is 0 Å². The average Bonchev–Trinajstić information content (AvgIpc) is 3.59. The smallest absolute Gasteiger partial charge is 0.0755 e. The predicted molar refractivity (Wildman–Crippen MR) is 213 cm³/mol. The molecule has 2 heterocycles. The normalized spacial score (nSPS) is 19.3. The fourth-order valence-electron chi connectivity index (χ4n) is 10.0. The Kier molecular flexibility index (Phi) is 6.12. The lowest BCUT2D eigenvalue weighted by Crippen LogP contribution is -2.33. The van der Waals surface area contributed by atoms with E-state index in [-0.39, 0.29) is 5.41 Å². The van der Waals surface area contributed by atoms with Gasteiger partial charge in [0.05, 0.1) is 22.1 Å². The fourth-order valence-corrected chi connectivity index (χ4v) is 11.2. The van der Waals surface area contributed by atoms with Crippen LogP contribution in [0.25, 0.3) is 38.6 Å². The van der Waals surface area contributed by atoms with Crippen molar-refractivity contribution < 1.29 is 0 Å². The van der Waals surface area contributed by atoms with Crippen molar-refractivity contribution in [3.63, 3.8) is 0 Å². The lowest BCUT2D eigenvalue weighted by molar-refractivity contribution is 0.385. The highest BCUT2D eigenvalue weighted by atomic mass is 32.2. The summed E-state index contributed by atoms with van der Waals surface area (Å²) in [5.74, 6) is 0.428. The molecule has 1 atom stereocenters. The fraction of sp³-hybridized carbons (Fsp3) is 0.143. The van der Waals surface area contributed by atoms with E-state index in [9.17, 15) is 0 Å². The molecule has 1 aliphatic heterocycles. The molecule has 51 heavy (non-hydrogen) atoms. The minimum Gasteiger partial charge on any atom is -0.309 e. The van der Waals surface area contributed by atoms with E-state index in [0.717, 1.165) is 12.8 Å². The molecule has 0 N–H and O–H groups in total. The first-order valence-electron chi connectivity index (χ1n) is 18.3. The van der Waals surface area contributed by atoms with E-state index in [2.05, 4.69) is 176 Å². The molecule has 2 heteroatoms. The van der Waals surface area contributed by atoms with E-state index < -0.39 is 5.41 Å². The summed E-state index contributed by atoms with van der Waals surface area (Å²) in [6.07, 6.45) is 13.7. The van der Waals surface area contributed by atoms with Gasteiger partial charge in [-0.15, -0.1) is 0 Å². The lowest BCUT2D eigenvalue weighted by atomic mass is 9.67. The van der Waals surface area contributed by atoms with E-state index >= 15 is 0 Å². The number of rotatable bonds is 1. The van der Waals surface area contributed by atoms with Crippen LogP contribution < -0.4 is 0 Å². The maximum absolute atomic E-state index is 2.62. The SMILES string of the molecule is CC1(C)c2cc3c(cc2CC2=CC1C/C=C\C=C2)c1ccccc1n3-c1cccc2c1C1(c3ccccc3Sc3ccccc31)c1ccccc1-2. The zero-order valence-electron chi connectivity index (χ0n) is 28.9. The standard InChI is InChI=1S/C49H37NS/c1-48(2)33-16-5-3-4-15-31(28-33)27-32-29-37-35-18-7-11-23-42(35)50(44(37)30-41(32)48)43-24-14-19-36-34-17-6-8-20-38(34)49(47(36)43)39-21-9-12-25-45(39)51-46-26-13-10-22-40(46)49/h3-15,17-26,28-30,33H,16,27H2,1-2H3/b5-3-,15-4?. The predicted octanol–water partition coefficient (Wildman–Crippen LogP) is 12.5. The van der Waals surface area contributed by atoms with E-state index in [0.29, 0.717) is 5.92 Å². The zero-order valence-corrected chi connectivity index (χ0v) is 29.7. The Morgan fingerprint density at radius 1 is 0.627 bits per heavy atom. The second-order valence-electron chi connectivity index (χ2n) is 15.2. The zero-order chi connectivity index (χ0) is 33.9. The second-order valence-corrected chi connectivity index (χ2v) is 16.3. The van der Waals surface area contributed by atoms with Gasteiger partial charge in [0, 0.05) is 26.1 Å². The summed E-state index contributed by atoms with van der Waals surface area (Å²) in [7, 11) is 0. The number of benzene rings is 6. The number of aromatic nitrogens is 1. The first kappa shape index (κ1) is 29.4. The van der Waals surface area contributed by atoms with Crippen LogP contribution in [0.4, 0.5) is 0 Å². The summed E-state index contributed by atoms with van der Waals surface area (Å²) in [6.45, 7) is 4.93. The highest BCUT2D eigenvalue weighted by Gasteiger charge is 2.51. The van der Waals surface area contributed by atoms with Crippen molar-refractivity contribution in [2.24, 2.45) is 5.92 Å². The quantitative estimate of drug-likeness (QED) is 0.168. The molecule has 0 radical (unpaired) electrons. The molecule has 0 saturated heterocycles. The molecule has 1 aromatic heterocycles. The Morgan fingerprint density at radius 3 is 2.16 bits per heavy atom. The molecule has 1 nitrogen and oxygen atoms in total. The third-order valence-electron chi connectivity index (χ3n) is 12.4. The highest BCUT2D eigenvalue weighted by Crippen LogP contribution is 2.63. The van der Waals surface area contributed by atoms with Crippen molar-refractivity contribution in [2.75, 3.05) is 0 Å². The number of hydrogen-bond acceptors (Lipinski definition) is 1. The monoisotopic (exact) mass is 671 g/mol. The van der Waals surface area contributed by atoms with Crippen LogP contribution in [-0.2, 0) is 17.3 Å². The van der Waals surface area contributed by atoms with Gasteiger partial charge in [0.1, 0.15) is 0 Å². The Hall–Kier alpha value is -5.31. The molecule has 0 fully saturated rings. The van der Waals surface area contributed by atoms with Crippen molar-refractivity contribution >= 4 is 33.6 Å². The van der Waals surface area contributed by atoms with Crippen LogP contribution in [0, 0.1) is 5.92 Å². The molecular formula is C49H37NS. The third-order valence-corrected chi connectivity index (χ3v) is 13.5. The van der Waals surface area contributed by atoms with Gasteiger partial charge in [0.15, 0.2) is 0 Å². The van der Waals surface area contributed by atoms with Crippen LogP contribution in [0.5, 0.6) is 0 Å². The van der Waals surface area contributed by atoms with Crippen LogP contribution in [-0.4, -0.2) is 4.57 Å². The molecule has 0 saturated carbocycles. The van der Waals surface area contributed by atoms with Crippen molar-refractivity contribution in [1.82, 2.24) is 4.57 Å². The summed E-state index contributed by atoms with van der Waals surface area (Å²) >= 11 is 1.91. The average molecular weight is 672 g/mol. The molecule has 6 aromatic carbocycles. The Morgan fingerprint density at radius 2 is 1.33 bits per heavy atom. The van der Waals surface area contributed by atoms with Gasteiger partial charge in [-0.05, 0) is 105 Å². The molecule has 0 amide bonds. The molecule has 11 rings (SSSR count). The minimum atomic E-state index is -0.457. The maximum Gasteiger partial charge on any atom is 0.0755 e. The molecule has 1 unspecified atom stereocenters. The molecule has 2 bridgehead atoms. The van der Waals surface area contributed by atoms with Crippen LogP contribution in [0.15, 0.2) is 173 Å². The summed E-state index contributed by atoms with van der Waals surface area (Å²) < 4.78 is 2.62. The molecule has 3 aliphatic carbocycles. The summed E-state index contributed by atoms with van der Waals surface area (Å²) in [5, 5.41) is 2.64. The first-order chi connectivity index (χ1) is 25.0. The van der Waals surface area contributed by atoms with Crippen molar-refractivity contribution in [1.29, 1.82) is 0 Å². The molecule has 7 aromatic rings. The topological polar surface area (TPSA) is 4.93 Å². The summed E-state index contributed by atoms with van der Waals surface area (Å²) in [4.78, 5) is 2.66. The van der Waals surface area contributed by atoms with Gasteiger partial charge < -0.3 is 4.57 Å². The van der Waals surface area contributed by atoms with E-state index in [1.165, 1.54) is 87.4 Å². The molecule has 4 aliphatic rings. The maximum atomic E-state index is 2.62. The second kappa shape index (κ2) is 10.6. The molecule has 244 valence electrons. The number of fused-ring (bicyclic) bond motifs is 14. The van der Waals surface area contributed by atoms with Crippen LogP contribution >= 0.6 is 11.8 Å². The Labute approximate surface area is 303 Å². The van der Waals surface area contributed by atoms with Gasteiger partial charge in [-0.1, -0.05) is 147 Å². The Balaban J connectivity index is 1.28. The van der Waals surface area contributed by atoms with E-state index in [4.69, 9.17) is 0 Å². The molecular weight excluding hydrogens is 635 g/mol. The Bertz CT molecular complexity index is 2670. The van der Waals surface area contributed by atoms with Gasteiger partial charge in [-0.2, -0.15) is 0 Å². The number of nitrogens with zero attached hydrogens (tertiary/aromatic N) is 1. The number of hydrogen-bond donors (Lipinski definition) is 0. The van der Waals surface area contributed by atoms with Crippen LogP contribution in [0.3, 0.4) is 0 Å². The van der Waals surface area contributed by atoms with Crippen molar-refractivity contribution in [3.8, 4) is 16.8 Å². The number of para-hydroxylation sites is 1. The van der Waals surface area contributed by atoms with Gasteiger partial charge in [-0.3, -0.25) is 0 Å². The lowest BCUT2D eigenvalue weighted by Gasteiger charge is -2.40. The largest absolute Gasteiger partial charge is 0.309 e. The first-order valence-corrected chi connectivity index (χ1v) is 19.1. The molecule has 1 spiro atoms. The van der Waals surface area contributed by atoms with Crippen molar-refractivity contribution in [3.05, 3.63) is 197 Å². The third kappa shape index (κ3) is 3.89. The van der Waals surface area contributed by atoms with E-state index in [1.807, 2.05) is 11.8 Å². The minimum absolute atomic E-state index is 0.0311.